The van der Waals surface area contributed by atoms with Crippen molar-refractivity contribution in [2.75, 3.05) is 16.8 Å². The zero-order valence-electron chi connectivity index (χ0n) is 16.3. The second-order valence-corrected chi connectivity index (χ2v) is 6.67. The summed E-state index contributed by atoms with van der Waals surface area (Å²) in [5.41, 5.74) is 0.589. The largest absolute Gasteiger partial charge is 0.495 e. The molecule has 2 aromatic carbocycles. The van der Waals surface area contributed by atoms with Crippen LogP contribution in [-0.4, -0.2) is 41.6 Å². The number of hydrogen-bond donors (Lipinski definition) is 3. The van der Waals surface area contributed by atoms with Gasteiger partial charge in [0.15, 0.2) is 12.0 Å². The minimum Gasteiger partial charge on any atom is -0.495 e. The summed E-state index contributed by atoms with van der Waals surface area (Å²) in [5, 5.41) is 21.3. The third-order valence-corrected chi connectivity index (χ3v) is 4.05. The van der Waals surface area contributed by atoms with Gasteiger partial charge in [0.05, 0.1) is 6.54 Å². The molecule has 2 rings (SSSR count). The molecule has 5 nitrogen and oxygen atoms in total. The number of aliphatic hydroxyl groups is 2. The Hall–Kier alpha value is -3.15. The quantitative estimate of drug-likeness (QED) is 0.327. The molecule has 176 valence electrons. The molecule has 2 aromatic rings. The fourth-order valence-electron chi connectivity index (χ4n) is 2.65. The van der Waals surface area contributed by atoms with Gasteiger partial charge in [-0.15, -0.1) is 0 Å². The highest BCUT2D eigenvalue weighted by Gasteiger charge is 2.44. The highest BCUT2D eigenvalue weighted by atomic mass is 19.4. The smallest absolute Gasteiger partial charge is 0.461 e. The van der Waals surface area contributed by atoms with Gasteiger partial charge in [-0.2, -0.15) is 30.7 Å². The van der Waals surface area contributed by atoms with E-state index >= 15 is 0 Å². The SMILES string of the molecule is C=C(O)Nc1cccc(N(Cc2cccc(OC(F)(F)C(F)F)c2)CC(O)C(F)(F)F)c1. The van der Waals surface area contributed by atoms with E-state index in [1.165, 1.54) is 36.4 Å². The second kappa shape index (κ2) is 9.98. The first kappa shape index (κ1) is 25.1. The van der Waals surface area contributed by atoms with Crippen LogP contribution in [0.15, 0.2) is 61.0 Å². The van der Waals surface area contributed by atoms with E-state index in [0.29, 0.717) is 0 Å². The lowest BCUT2D eigenvalue weighted by Crippen LogP contribution is -2.41. The first-order valence-electron chi connectivity index (χ1n) is 8.96. The lowest BCUT2D eigenvalue weighted by atomic mass is 10.1. The number of alkyl halides is 7. The molecule has 0 saturated heterocycles. The van der Waals surface area contributed by atoms with Gasteiger partial charge in [0.25, 0.3) is 0 Å². The molecule has 0 fully saturated rings. The Kier molecular flexibility index (Phi) is 7.83. The zero-order chi connectivity index (χ0) is 24.1. The Morgan fingerprint density at radius 2 is 1.72 bits per heavy atom. The van der Waals surface area contributed by atoms with Crippen molar-refractivity contribution in [1.29, 1.82) is 0 Å². The van der Waals surface area contributed by atoms with Crippen LogP contribution in [0.3, 0.4) is 0 Å². The van der Waals surface area contributed by atoms with E-state index in [9.17, 15) is 40.9 Å². The van der Waals surface area contributed by atoms with Gasteiger partial charge in [0, 0.05) is 17.9 Å². The van der Waals surface area contributed by atoms with Crippen LogP contribution in [0.25, 0.3) is 0 Å². The number of ether oxygens (including phenoxy) is 1. The van der Waals surface area contributed by atoms with E-state index in [0.717, 1.165) is 17.0 Å². The van der Waals surface area contributed by atoms with E-state index in [-0.39, 0.29) is 23.5 Å². The van der Waals surface area contributed by atoms with E-state index in [1.807, 2.05) is 0 Å². The Morgan fingerprint density at radius 3 is 2.31 bits per heavy atom. The molecule has 12 heteroatoms. The molecule has 0 aromatic heterocycles. The van der Waals surface area contributed by atoms with Gasteiger partial charge in [0.2, 0.25) is 0 Å². The summed E-state index contributed by atoms with van der Waals surface area (Å²) < 4.78 is 93.9. The maximum atomic E-state index is 13.2. The molecule has 0 aliphatic carbocycles. The van der Waals surface area contributed by atoms with Gasteiger partial charge in [-0.05, 0) is 42.5 Å². The average molecular weight is 468 g/mol. The first-order chi connectivity index (χ1) is 14.8. The molecular weight excluding hydrogens is 449 g/mol. The van der Waals surface area contributed by atoms with Gasteiger partial charge in [-0.25, -0.2) is 0 Å². The van der Waals surface area contributed by atoms with Gasteiger partial charge < -0.3 is 25.2 Å². The maximum Gasteiger partial charge on any atom is 0.461 e. The Bertz CT molecular complexity index is 922. The number of aliphatic hydroxyl groups excluding tert-OH is 2. The standard InChI is InChI=1S/C20H19F7N2O3/c1-12(30)28-14-5-3-6-15(9-14)29(11-17(31)19(23,24)25)10-13-4-2-7-16(8-13)32-20(26,27)18(21)22/h2-9,17-18,28,30-31H,1,10-11H2. The lowest BCUT2D eigenvalue weighted by molar-refractivity contribution is -0.253. The molecule has 0 radical (unpaired) electrons. The highest BCUT2D eigenvalue weighted by molar-refractivity contribution is 5.59. The number of halogens is 7. The summed E-state index contributed by atoms with van der Waals surface area (Å²) >= 11 is 0. The summed E-state index contributed by atoms with van der Waals surface area (Å²) in [6, 6.07) is 10.2. The molecule has 0 bridgehead atoms. The van der Waals surface area contributed by atoms with Crippen molar-refractivity contribution in [3.05, 3.63) is 66.6 Å². The van der Waals surface area contributed by atoms with Crippen LogP contribution >= 0.6 is 0 Å². The molecule has 0 aliphatic rings. The van der Waals surface area contributed by atoms with Crippen molar-refractivity contribution < 1.29 is 45.7 Å². The number of benzene rings is 2. The highest BCUT2D eigenvalue weighted by Crippen LogP contribution is 2.30. The topological polar surface area (TPSA) is 65.0 Å². The third kappa shape index (κ3) is 7.22. The van der Waals surface area contributed by atoms with Crippen molar-refractivity contribution in [2.24, 2.45) is 0 Å². The Balaban J connectivity index is 2.33. The summed E-state index contributed by atoms with van der Waals surface area (Å²) in [4.78, 5) is 1.09. The van der Waals surface area contributed by atoms with Gasteiger partial charge in [0.1, 0.15) is 5.75 Å². The normalized spacial score (nSPS) is 13.0. The molecule has 1 atom stereocenters. The van der Waals surface area contributed by atoms with Gasteiger partial charge >= 0.3 is 18.7 Å². The Morgan fingerprint density at radius 1 is 1.06 bits per heavy atom. The number of nitrogens with zero attached hydrogens (tertiary/aromatic N) is 1. The minimum absolute atomic E-state index is 0.145. The molecule has 3 N–H and O–H groups in total. The fourth-order valence-corrected chi connectivity index (χ4v) is 2.65. The van der Waals surface area contributed by atoms with Gasteiger partial charge in [-0.1, -0.05) is 18.2 Å². The monoisotopic (exact) mass is 468 g/mol. The van der Waals surface area contributed by atoms with Crippen molar-refractivity contribution in [3.8, 4) is 5.75 Å². The second-order valence-electron chi connectivity index (χ2n) is 6.67. The van der Waals surface area contributed by atoms with E-state index in [2.05, 4.69) is 16.6 Å². The number of nitrogens with one attached hydrogen (secondary N) is 1. The molecule has 0 saturated carbocycles. The molecule has 0 spiro atoms. The minimum atomic E-state index is -4.93. The molecule has 1 unspecified atom stereocenters. The predicted molar refractivity (Wildman–Crippen MR) is 103 cm³/mol. The molecule has 0 amide bonds. The van der Waals surface area contributed by atoms with Crippen LogP contribution in [0.1, 0.15) is 5.56 Å². The molecule has 32 heavy (non-hydrogen) atoms. The van der Waals surface area contributed by atoms with Crippen LogP contribution in [0.2, 0.25) is 0 Å². The van der Waals surface area contributed by atoms with E-state index < -0.39 is 43.0 Å². The maximum absolute atomic E-state index is 13.2. The summed E-state index contributed by atoms with van der Waals surface area (Å²) in [6.07, 6.45) is -16.5. The summed E-state index contributed by atoms with van der Waals surface area (Å²) in [6.45, 7) is 1.99. The zero-order valence-corrected chi connectivity index (χ0v) is 16.3. The van der Waals surface area contributed by atoms with Crippen LogP contribution in [0, 0.1) is 0 Å². The van der Waals surface area contributed by atoms with Crippen LogP contribution < -0.4 is 15.0 Å². The van der Waals surface area contributed by atoms with E-state index in [4.69, 9.17) is 0 Å². The van der Waals surface area contributed by atoms with Crippen molar-refractivity contribution in [3.63, 3.8) is 0 Å². The fraction of sp³-hybridized carbons (Fsp3) is 0.300. The molecular formula is C20H19F7N2O3. The summed E-state index contributed by atoms with van der Waals surface area (Å²) in [5.74, 6) is -1.04. The number of hydrogen-bond acceptors (Lipinski definition) is 5. The van der Waals surface area contributed by atoms with Crippen LogP contribution in [0.4, 0.5) is 42.1 Å². The lowest BCUT2D eigenvalue weighted by Gasteiger charge is -2.29. The summed E-state index contributed by atoms with van der Waals surface area (Å²) in [7, 11) is 0. The van der Waals surface area contributed by atoms with Gasteiger partial charge in [-0.3, -0.25) is 0 Å². The van der Waals surface area contributed by atoms with Crippen LogP contribution in [0.5, 0.6) is 5.75 Å². The Labute approximate surface area is 178 Å². The molecule has 0 heterocycles. The average Bonchev–Trinajstić information content (AvgIpc) is 2.66. The number of anilines is 2. The number of rotatable bonds is 10. The van der Waals surface area contributed by atoms with E-state index in [1.54, 1.807) is 0 Å². The van der Waals surface area contributed by atoms with Crippen LogP contribution in [-0.2, 0) is 6.54 Å². The first-order valence-corrected chi connectivity index (χ1v) is 8.96. The van der Waals surface area contributed by atoms with Crippen molar-refractivity contribution >= 4 is 11.4 Å². The predicted octanol–water partition coefficient (Wildman–Crippen LogP) is 5.29. The van der Waals surface area contributed by atoms with Crippen molar-refractivity contribution in [2.45, 2.75) is 31.4 Å². The third-order valence-electron chi connectivity index (χ3n) is 4.05. The van der Waals surface area contributed by atoms with Crippen molar-refractivity contribution in [1.82, 2.24) is 0 Å². The molecule has 0 aliphatic heterocycles.